The van der Waals surface area contributed by atoms with Crippen LogP contribution >= 0.6 is 34.2 Å². The summed E-state index contributed by atoms with van der Waals surface area (Å²) in [5.74, 6) is 0. The van der Waals surface area contributed by atoms with E-state index in [-0.39, 0.29) is 0 Å². The first kappa shape index (κ1) is 9.98. The van der Waals surface area contributed by atoms with Crippen molar-refractivity contribution in [3.63, 3.8) is 0 Å². The van der Waals surface area contributed by atoms with Gasteiger partial charge in [-0.25, -0.2) is 0 Å². The molecule has 1 heterocycles. The fourth-order valence-corrected chi connectivity index (χ4v) is 2.14. The van der Waals surface area contributed by atoms with Gasteiger partial charge in [0.05, 0.1) is 19.8 Å². The van der Waals surface area contributed by atoms with Gasteiger partial charge in [0.15, 0.2) is 0 Å². The minimum atomic E-state index is 0.656. The number of fused-ring (bicyclic) bond motifs is 1. The molecule has 0 spiro atoms. The summed E-state index contributed by atoms with van der Waals surface area (Å²) in [6, 6.07) is 3.90. The van der Waals surface area contributed by atoms with E-state index < -0.39 is 0 Å². The summed E-state index contributed by atoms with van der Waals surface area (Å²) < 4.78 is 0.955. The van der Waals surface area contributed by atoms with Gasteiger partial charge in [0.1, 0.15) is 0 Å². The zero-order valence-electron chi connectivity index (χ0n) is 7.51. The average molecular weight is 319 g/mol. The first-order chi connectivity index (χ1) is 6.59. The second-order valence-corrected chi connectivity index (χ2v) is 4.73. The zero-order valence-corrected chi connectivity index (χ0v) is 10.4. The molecule has 2 aromatic rings. The molecular weight excluding hydrogens is 310 g/mol. The number of nitrogens with zero attached hydrogens (tertiary/aromatic N) is 1. The molecule has 0 fully saturated rings. The molecule has 0 saturated heterocycles. The van der Waals surface area contributed by atoms with Gasteiger partial charge in [0.2, 0.25) is 0 Å². The Balaban J connectivity index is 2.95. The number of halogens is 2. The predicted molar refractivity (Wildman–Crippen MR) is 68.6 cm³/mol. The van der Waals surface area contributed by atoms with Crippen LogP contribution in [-0.2, 0) is 0 Å². The number of anilines is 1. The molecule has 0 aliphatic carbocycles. The van der Waals surface area contributed by atoms with Gasteiger partial charge in [0.25, 0.3) is 0 Å². The van der Waals surface area contributed by atoms with Gasteiger partial charge in [-0.15, -0.1) is 0 Å². The third-order valence-electron chi connectivity index (χ3n) is 2.06. The Kier molecular flexibility index (Phi) is 2.53. The standard InChI is InChI=1S/C10H8ClIN2/c1-5-2-6-9(13)8(12)4-14-10(6)7(11)3-5/h2-4H,1H3,(H2,13,14). The monoisotopic (exact) mass is 318 g/mol. The highest BCUT2D eigenvalue weighted by atomic mass is 127. The lowest BCUT2D eigenvalue weighted by Crippen LogP contribution is -1.94. The molecule has 72 valence electrons. The number of nitrogens with two attached hydrogens (primary N) is 1. The Morgan fingerprint density at radius 3 is 2.86 bits per heavy atom. The maximum atomic E-state index is 6.07. The fourth-order valence-electron chi connectivity index (χ4n) is 1.39. The first-order valence-corrected chi connectivity index (χ1v) is 5.55. The van der Waals surface area contributed by atoms with E-state index in [9.17, 15) is 0 Å². The van der Waals surface area contributed by atoms with Crippen molar-refractivity contribution in [3.8, 4) is 0 Å². The highest BCUT2D eigenvalue weighted by molar-refractivity contribution is 14.1. The minimum Gasteiger partial charge on any atom is -0.397 e. The van der Waals surface area contributed by atoms with Crippen LogP contribution in [0.15, 0.2) is 18.3 Å². The van der Waals surface area contributed by atoms with Crippen LogP contribution in [0.3, 0.4) is 0 Å². The van der Waals surface area contributed by atoms with Gasteiger partial charge in [0, 0.05) is 11.6 Å². The van der Waals surface area contributed by atoms with Crippen molar-refractivity contribution >= 4 is 50.8 Å². The van der Waals surface area contributed by atoms with Gasteiger partial charge in [-0.1, -0.05) is 11.6 Å². The van der Waals surface area contributed by atoms with Crippen molar-refractivity contribution in [2.45, 2.75) is 6.92 Å². The van der Waals surface area contributed by atoms with Crippen LogP contribution in [0.2, 0.25) is 5.02 Å². The second kappa shape index (κ2) is 3.55. The summed E-state index contributed by atoms with van der Waals surface area (Å²) in [4.78, 5) is 4.26. The molecule has 1 aromatic carbocycles. The molecule has 0 atom stereocenters. The maximum absolute atomic E-state index is 6.07. The molecule has 0 unspecified atom stereocenters. The van der Waals surface area contributed by atoms with Gasteiger partial charge < -0.3 is 5.73 Å². The van der Waals surface area contributed by atoms with Crippen LogP contribution in [0.4, 0.5) is 5.69 Å². The molecule has 0 saturated carbocycles. The lowest BCUT2D eigenvalue weighted by molar-refractivity contribution is 1.37. The van der Waals surface area contributed by atoms with Crippen molar-refractivity contribution in [2.24, 2.45) is 0 Å². The quantitative estimate of drug-likeness (QED) is 0.756. The summed E-state index contributed by atoms with van der Waals surface area (Å²) in [5.41, 5.74) is 8.57. The molecule has 0 radical (unpaired) electrons. The van der Waals surface area contributed by atoms with E-state index in [1.54, 1.807) is 6.20 Å². The third-order valence-corrected chi connectivity index (χ3v) is 3.21. The predicted octanol–water partition coefficient (Wildman–Crippen LogP) is 3.38. The Hall–Kier alpha value is -0.550. The van der Waals surface area contributed by atoms with E-state index in [1.807, 2.05) is 19.1 Å². The van der Waals surface area contributed by atoms with Crippen LogP contribution in [0.5, 0.6) is 0 Å². The molecule has 0 aliphatic heterocycles. The topological polar surface area (TPSA) is 38.9 Å². The molecule has 14 heavy (non-hydrogen) atoms. The van der Waals surface area contributed by atoms with Crippen molar-refractivity contribution in [1.29, 1.82) is 0 Å². The fraction of sp³-hybridized carbons (Fsp3) is 0.100. The zero-order chi connectivity index (χ0) is 10.3. The number of nitrogen functional groups attached to an aromatic ring is 1. The van der Waals surface area contributed by atoms with Crippen LogP contribution < -0.4 is 5.73 Å². The van der Waals surface area contributed by atoms with E-state index in [2.05, 4.69) is 27.6 Å². The van der Waals surface area contributed by atoms with Gasteiger partial charge >= 0.3 is 0 Å². The molecule has 0 bridgehead atoms. The number of benzene rings is 1. The maximum Gasteiger partial charge on any atom is 0.0909 e. The summed E-state index contributed by atoms with van der Waals surface area (Å²) >= 11 is 8.23. The Bertz CT molecular complexity index is 511. The Morgan fingerprint density at radius 1 is 1.43 bits per heavy atom. The summed E-state index contributed by atoms with van der Waals surface area (Å²) in [6.45, 7) is 1.99. The molecule has 2 rings (SSSR count). The van der Waals surface area contributed by atoms with Crippen LogP contribution in [-0.4, -0.2) is 4.98 Å². The lowest BCUT2D eigenvalue weighted by atomic mass is 10.1. The molecule has 0 amide bonds. The summed E-state index contributed by atoms with van der Waals surface area (Å²) in [6.07, 6.45) is 1.74. The third kappa shape index (κ3) is 1.54. The molecule has 0 aliphatic rings. The number of rotatable bonds is 0. The Labute approximate surface area is 101 Å². The first-order valence-electron chi connectivity index (χ1n) is 4.09. The van der Waals surface area contributed by atoms with Gasteiger partial charge in [-0.05, 0) is 47.2 Å². The van der Waals surface area contributed by atoms with E-state index >= 15 is 0 Å². The normalized spacial score (nSPS) is 10.8. The van der Waals surface area contributed by atoms with Gasteiger partial charge in [-0.3, -0.25) is 4.98 Å². The molecule has 2 N–H and O–H groups in total. The van der Waals surface area contributed by atoms with Crippen LogP contribution in [0, 0.1) is 10.5 Å². The SMILES string of the molecule is Cc1cc(Cl)c2ncc(I)c(N)c2c1. The number of pyridine rings is 1. The highest BCUT2D eigenvalue weighted by Crippen LogP contribution is 2.29. The number of aryl methyl sites for hydroxylation is 1. The van der Waals surface area contributed by atoms with E-state index in [4.69, 9.17) is 17.3 Å². The second-order valence-electron chi connectivity index (χ2n) is 3.16. The largest absolute Gasteiger partial charge is 0.397 e. The van der Waals surface area contributed by atoms with Crippen molar-refractivity contribution < 1.29 is 0 Å². The number of hydrogen-bond acceptors (Lipinski definition) is 2. The lowest BCUT2D eigenvalue weighted by Gasteiger charge is -2.06. The molecular formula is C10H8ClIN2. The summed E-state index contributed by atoms with van der Waals surface area (Å²) in [5, 5.41) is 1.59. The van der Waals surface area contributed by atoms with Crippen LogP contribution in [0.25, 0.3) is 10.9 Å². The van der Waals surface area contributed by atoms with E-state index in [0.717, 1.165) is 25.7 Å². The number of aromatic nitrogens is 1. The summed E-state index contributed by atoms with van der Waals surface area (Å²) in [7, 11) is 0. The molecule has 4 heteroatoms. The van der Waals surface area contributed by atoms with E-state index in [0.29, 0.717) is 5.02 Å². The van der Waals surface area contributed by atoms with E-state index in [1.165, 1.54) is 0 Å². The molecule has 1 aromatic heterocycles. The number of hydrogen-bond donors (Lipinski definition) is 1. The highest BCUT2D eigenvalue weighted by Gasteiger charge is 2.07. The average Bonchev–Trinajstić information content (AvgIpc) is 2.12. The Morgan fingerprint density at radius 2 is 2.14 bits per heavy atom. The van der Waals surface area contributed by atoms with Crippen molar-refractivity contribution in [3.05, 3.63) is 32.5 Å². The smallest absolute Gasteiger partial charge is 0.0909 e. The minimum absolute atomic E-state index is 0.656. The van der Waals surface area contributed by atoms with Crippen molar-refractivity contribution in [2.75, 3.05) is 5.73 Å². The van der Waals surface area contributed by atoms with Crippen molar-refractivity contribution in [1.82, 2.24) is 4.98 Å². The van der Waals surface area contributed by atoms with Gasteiger partial charge in [-0.2, -0.15) is 0 Å². The van der Waals surface area contributed by atoms with Crippen LogP contribution in [0.1, 0.15) is 5.56 Å². The molecule has 2 nitrogen and oxygen atoms in total.